The molecule has 1 N–H and O–H groups in total. The van der Waals surface area contributed by atoms with E-state index in [1.54, 1.807) is 0 Å². The summed E-state index contributed by atoms with van der Waals surface area (Å²) in [6, 6.07) is 8.12. The topological polar surface area (TPSA) is 24.5 Å². The molecule has 1 atom stereocenters. The fraction of sp³-hybridized carbons (Fsp3) is 0.538. The highest BCUT2D eigenvalue weighted by atomic mass is 32.2. The molecule has 0 fully saturated rings. The van der Waals surface area contributed by atoms with Crippen molar-refractivity contribution >= 4 is 17.4 Å². The number of fused-ring (bicyclic) bond motifs is 1. The zero-order chi connectivity index (χ0) is 12.1. The van der Waals surface area contributed by atoms with Gasteiger partial charge in [-0.25, -0.2) is 0 Å². The van der Waals surface area contributed by atoms with Gasteiger partial charge in [-0.3, -0.25) is 0 Å². The largest absolute Gasteiger partial charge is 0.485 e. The van der Waals surface area contributed by atoms with Crippen molar-refractivity contribution in [1.82, 2.24) is 4.90 Å². The van der Waals surface area contributed by atoms with Crippen molar-refractivity contribution < 1.29 is 4.74 Å². The third-order valence-electron chi connectivity index (χ3n) is 2.89. The van der Waals surface area contributed by atoms with Gasteiger partial charge in [0.15, 0.2) is 0 Å². The first kappa shape index (κ1) is 12.6. The number of nitrogens with zero attached hydrogens (tertiary/aromatic N) is 1. The quantitative estimate of drug-likeness (QED) is 0.868. The Kier molecular flexibility index (Phi) is 4.57. The fourth-order valence-corrected chi connectivity index (χ4v) is 2.44. The van der Waals surface area contributed by atoms with E-state index in [0.717, 1.165) is 31.1 Å². The van der Waals surface area contributed by atoms with E-state index < -0.39 is 0 Å². The average molecular weight is 252 g/mol. The molecule has 1 aromatic rings. The van der Waals surface area contributed by atoms with Crippen molar-refractivity contribution in [2.45, 2.75) is 6.10 Å². The van der Waals surface area contributed by atoms with E-state index in [4.69, 9.17) is 4.74 Å². The van der Waals surface area contributed by atoms with Crippen molar-refractivity contribution in [3.63, 3.8) is 0 Å². The number of ether oxygens (including phenoxy) is 1. The number of hydrogen-bond acceptors (Lipinski definition) is 4. The Labute approximate surface area is 108 Å². The maximum Gasteiger partial charge on any atom is 0.142 e. The summed E-state index contributed by atoms with van der Waals surface area (Å²) in [6.45, 7) is 2.98. The lowest BCUT2D eigenvalue weighted by molar-refractivity contribution is 0.155. The lowest BCUT2D eigenvalue weighted by Gasteiger charge is -2.30. The highest BCUT2D eigenvalue weighted by molar-refractivity contribution is 7.98. The van der Waals surface area contributed by atoms with Gasteiger partial charge in [-0.2, -0.15) is 11.8 Å². The zero-order valence-corrected chi connectivity index (χ0v) is 11.3. The second-order valence-corrected chi connectivity index (χ2v) is 5.36. The van der Waals surface area contributed by atoms with Gasteiger partial charge >= 0.3 is 0 Å². The Hall–Kier alpha value is -0.870. The minimum atomic E-state index is 0.247. The van der Waals surface area contributed by atoms with Crippen LogP contribution in [0.25, 0.3) is 0 Å². The summed E-state index contributed by atoms with van der Waals surface area (Å²) >= 11 is 1.88. The minimum absolute atomic E-state index is 0.247. The lowest BCUT2D eigenvalue weighted by atomic mass is 10.2. The highest BCUT2D eigenvalue weighted by Gasteiger charge is 2.19. The summed E-state index contributed by atoms with van der Waals surface area (Å²) in [6.07, 6.45) is 2.39. The normalized spacial score (nSPS) is 18.4. The van der Waals surface area contributed by atoms with Crippen LogP contribution in [0.3, 0.4) is 0 Å². The average Bonchev–Trinajstić information content (AvgIpc) is 2.36. The molecular weight excluding hydrogens is 232 g/mol. The molecule has 4 heteroatoms. The molecule has 0 saturated heterocycles. The third-order valence-corrected chi connectivity index (χ3v) is 3.48. The number of anilines is 1. The number of benzene rings is 1. The summed E-state index contributed by atoms with van der Waals surface area (Å²) in [5.41, 5.74) is 1.11. The predicted octanol–water partition coefficient (Wildman–Crippen LogP) is 2.15. The molecule has 94 valence electrons. The Morgan fingerprint density at radius 2 is 2.29 bits per heavy atom. The number of para-hydroxylation sites is 2. The molecule has 3 nitrogen and oxygen atoms in total. The van der Waals surface area contributed by atoms with Crippen LogP contribution in [0.4, 0.5) is 5.69 Å². The molecule has 2 rings (SSSR count). The van der Waals surface area contributed by atoms with Crippen LogP contribution in [0.5, 0.6) is 5.75 Å². The van der Waals surface area contributed by atoms with E-state index in [1.165, 1.54) is 5.75 Å². The molecule has 1 heterocycles. The van der Waals surface area contributed by atoms with E-state index in [-0.39, 0.29) is 6.10 Å². The Balaban J connectivity index is 1.85. The summed E-state index contributed by atoms with van der Waals surface area (Å²) in [4.78, 5) is 2.33. The molecule has 1 aromatic carbocycles. The van der Waals surface area contributed by atoms with Crippen molar-refractivity contribution in [1.29, 1.82) is 0 Å². The van der Waals surface area contributed by atoms with Crippen LogP contribution in [0.1, 0.15) is 0 Å². The Morgan fingerprint density at radius 1 is 1.47 bits per heavy atom. The van der Waals surface area contributed by atoms with Crippen molar-refractivity contribution in [2.75, 3.05) is 44.0 Å². The van der Waals surface area contributed by atoms with Crippen LogP contribution in [-0.2, 0) is 0 Å². The van der Waals surface area contributed by atoms with E-state index >= 15 is 0 Å². The maximum absolute atomic E-state index is 5.97. The summed E-state index contributed by atoms with van der Waals surface area (Å²) < 4.78 is 5.97. The standard InChI is InChI=1S/C13H20N2OS/c1-15(7-8-17-2)10-11-9-14-12-5-3-4-6-13(12)16-11/h3-6,11,14H,7-10H2,1-2H3. The van der Waals surface area contributed by atoms with Crippen molar-refractivity contribution in [2.24, 2.45) is 0 Å². The van der Waals surface area contributed by atoms with Crippen molar-refractivity contribution in [3.05, 3.63) is 24.3 Å². The van der Waals surface area contributed by atoms with Gasteiger partial charge in [-0.1, -0.05) is 12.1 Å². The van der Waals surface area contributed by atoms with Gasteiger partial charge < -0.3 is 15.0 Å². The minimum Gasteiger partial charge on any atom is -0.485 e. The molecule has 17 heavy (non-hydrogen) atoms. The second kappa shape index (κ2) is 6.17. The molecule has 0 amide bonds. The first-order valence-electron chi connectivity index (χ1n) is 5.96. The van der Waals surface area contributed by atoms with Gasteiger partial charge in [-0.05, 0) is 25.4 Å². The molecule has 0 aliphatic carbocycles. The Morgan fingerprint density at radius 3 is 3.12 bits per heavy atom. The van der Waals surface area contributed by atoms with Gasteiger partial charge in [0.05, 0.1) is 12.2 Å². The van der Waals surface area contributed by atoms with Crippen LogP contribution < -0.4 is 10.1 Å². The van der Waals surface area contributed by atoms with E-state index in [9.17, 15) is 0 Å². The van der Waals surface area contributed by atoms with E-state index in [1.807, 2.05) is 30.0 Å². The number of nitrogens with one attached hydrogen (secondary N) is 1. The van der Waals surface area contributed by atoms with Crippen LogP contribution >= 0.6 is 11.8 Å². The molecular formula is C13H20N2OS. The van der Waals surface area contributed by atoms with Gasteiger partial charge in [0.25, 0.3) is 0 Å². The van der Waals surface area contributed by atoms with Crippen LogP contribution in [0.2, 0.25) is 0 Å². The Bertz CT molecular complexity index is 359. The highest BCUT2D eigenvalue weighted by Crippen LogP contribution is 2.28. The number of thioether (sulfide) groups is 1. The van der Waals surface area contributed by atoms with Crippen LogP contribution in [0, 0.1) is 0 Å². The predicted molar refractivity (Wildman–Crippen MR) is 75.2 cm³/mol. The number of rotatable bonds is 5. The summed E-state index contributed by atoms with van der Waals surface area (Å²) in [5, 5.41) is 3.42. The SMILES string of the molecule is CSCCN(C)CC1CNc2ccccc2O1. The lowest BCUT2D eigenvalue weighted by Crippen LogP contribution is -2.40. The van der Waals surface area contributed by atoms with Crippen LogP contribution in [-0.4, -0.2) is 49.7 Å². The smallest absolute Gasteiger partial charge is 0.142 e. The molecule has 0 bridgehead atoms. The monoisotopic (exact) mass is 252 g/mol. The molecule has 1 aliphatic rings. The molecule has 1 unspecified atom stereocenters. The number of hydrogen-bond donors (Lipinski definition) is 1. The molecule has 0 saturated carbocycles. The maximum atomic E-state index is 5.97. The number of likely N-dealkylation sites (N-methyl/N-ethyl adjacent to an activating group) is 1. The summed E-state index contributed by atoms with van der Waals surface area (Å²) in [7, 11) is 2.15. The molecule has 1 aliphatic heterocycles. The third kappa shape index (κ3) is 3.54. The van der Waals surface area contributed by atoms with Gasteiger partial charge in [0.2, 0.25) is 0 Å². The first-order chi connectivity index (χ1) is 8.29. The van der Waals surface area contributed by atoms with E-state index in [0.29, 0.717) is 0 Å². The molecule has 0 aromatic heterocycles. The van der Waals surface area contributed by atoms with Gasteiger partial charge in [-0.15, -0.1) is 0 Å². The zero-order valence-electron chi connectivity index (χ0n) is 10.5. The molecule has 0 spiro atoms. The molecule has 0 radical (unpaired) electrons. The van der Waals surface area contributed by atoms with Crippen LogP contribution in [0.15, 0.2) is 24.3 Å². The summed E-state index contributed by atoms with van der Waals surface area (Å²) in [5.74, 6) is 2.15. The van der Waals surface area contributed by atoms with Gasteiger partial charge in [0, 0.05) is 18.8 Å². The van der Waals surface area contributed by atoms with Gasteiger partial charge in [0.1, 0.15) is 11.9 Å². The second-order valence-electron chi connectivity index (χ2n) is 4.37. The van der Waals surface area contributed by atoms with E-state index in [2.05, 4.69) is 29.6 Å². The fourth-order valence-electron chi connectivity index (χ4n) is 1.95. The first-order valence-corrected chi connectivity index (χ1v) is 7.36. The van der Waals surface area contributed by atoms with Crippen molar-refractivity contribution in [3.8, 4) is 5.75 Å².